The van der Waals surface area contributed by atoms with E-state index >= 15 is 0 Å². The van der Waals surface area contributed by atoms with Crippen molar-refractivity contribution >= 4 is 21.9 Å². The van der Waals surface area contributed by atoms with Crippen LogP contribution in [0.15, 0.2) is 16.6 Å². The fraction of sp³-hybridized carbons (Fsp3) is 0.462. The van der Waals surface area contributed by atoms with Gasteiger partial charge < -0.3 is 19.3 Å². The summed E-state index contributed by atoms with van der Waals surface area (Å²) in [5, 5.41) is 10.0. The van der Waals surface area contributed by atoms with E-state index in [9.17, 15) is 9.90 Å². The van der Waals surface area contributed by atoms with E-state index in [1.165, 1.54) is 0 Å². The molecule has 19 heavy (non-hydrogen) atoms. The molecule has 6 heteroatoms. The summed E-state index contributed by atoms with van der Waals surface area (Å²) < 4.78 is 16.4. The number of carbonyl (C=O) groups is 1. The van der Waals surface area contributed by atoms with E-state index in [4.69, 9.17) is 14.2 Å². The van der Waals surface area contributed by atoms with E-state index in [0.717, 1.165) is 0 Å². The quantitative estimate of drug-likeness (QED) is 0.857. The number of carbonyl (C=O) groups excluding carboxylic acids is 1. The van der Waals surface area contributed by atoms with Gasteiger partial charge in [0.05, 0.1) is 23.6 Å². The molecule has 1 aliphatic rings. The maximum atomic E-state index is 11.4. The minimum atomic E-state index is -0.925. The van der Waals surface area contributed by atoms with Crippen LogP contribution in [-0.2, 0) is 9.53 Å². The first kappa shape index (κ1) is 14.1. The summed E-state index contributed by atoms with van der Waals surface area (Å²) in [5.74, 6) is 0.762. The van der Waals surface area contributed by atoms with Gasteiger partial charge in [-0.05, 0) is 40.5 Å². The summed E-state index contributed by atoms with van der Waals surface area (Å²) in [6, 6.07) is 3.40. The number of aliphatic hydroxyl groups is 1. The zero-order valence-corrected chi connectivity index (χ0v) is 12.1. The average Bonchev–Trinajstić information content (AvgIpc) is 2.39. The second kappa shape index (κ2) is 6.25. The van der Waals surface area contributed by atoms with Crippen LogP contribution >= 0.6 is 15.9 Å². The van der Waals surface area contributed by atoms with Gasteiger partial charge in [-0.15, -0.1) is 0 Å². The van der Waals surface area contributed by atoms with E-state index in [0.29, 0.717) is 41.4 Å². The van der Waals surface area contributed by atoms with E-state index in [2.05, 4.69) is 15.9 Å². The Morgan fingerprint density at radius 1 is 1.47 bits per heavy atom. The highest BCUT2D eigenvalue weighted by Gasteiger charge is 2.21. The van der Waals surface area contributed by atoms with Crippen molar-refractivity contribution in [1.82, 2.24) is 0 Å². The fourth-order valence-corrected chi connectivity index (χ4v) is 2.39. The number of hydrogen-bond donors (Lipinski definition) is 1. The molecule has 1 heterocycles. The van der Waals surface area contributed by atoms with Gasteiger partial charge in [0.15, 0.2) is 11.5 Å². The zero-order chi connectivity index (χ0) is 13.8. The third kappa shape index (κ3) is 3.39. The van der Waals surface area contributed by atoms with Gasteiger partial charge in [-0.3, -0.25) is 4.79 Å². The average molecular weight is 331 g/mol. The van der Waals surface area contributed by atoms with Crippen LogP contribution in [0.25, 0.3) is 0 Å². The highest BCUT2D eigenvalue weighted by molar-refractivity contribution is 9.10. The topological polar surface area (TPSA) is 65.0 Å². The van der Waals surface area contributed by atoms with E-state index in [1.807, 2.05) is 0 Å². The van der Waals surface area contributed by atoms with E-state index in [-0.39, 0.29) is 6.42 Å². The number of ether oxygens (including phenoxy) is 3. The van der Waals surface area contributed by atoms with Crippen LogP contribution in [0.1, 0.15) is 25.0 Å². The maximum absolute atomic E-state index is 11.4. The van der Waals surface area contributed by atoms with Gasteiger partial charge >= 0.3 is 5.97 Å². The molecule has 104 valence electrons. The van der Waals surface area contributed by atoms with Crippen LogP contribution in [0.4, 0.5) is 0 Å². The number of fused-ring (bicyclic) bond motifs is 1. The smallest absolute Gasteiger partial charge is 0.308 e. The van der Waals surface area contributed by atoms with Crippen molar-refractivity contribution in [1.29, 1.82) is 0 Å². The first-order valence-corrected chi connectivity index (χ1v) is 6.83. The van der Waals surface area contributed by atoms with Gasteiger partial charge in [-0.2, -0.15) is 0 Å². The van der Waals surface area contributed by atoms with Gasteiger partial charge in [0.2, 0.25) is 0 Å². The summed E-state index contributed by atoms with van der Waals surface area (Å²) in [6.45, 7) is 2.99. The molecule has 1 N–H and O–H groups in total. The molecule has 0 bridgehead atoms. The maximum Gasteiger partial charge on any atom is 0.308 e. The molecule has 0 fully saturated rings. The highest BCUT2D eigenvalue weighted by atomic mass is 79.9. The normalized spacial score (nSPS) is 14.9. The monoisotopic (exact) mass is 330 g/mol. The molecule has 1 unspecified atom stereocenters. The van der Waals surface area contributed by atoms with Crippen molar-refractivity contribution in [2.24, 2.45) is 0 Å². The molecule has 0 spiro atoms. The highest BCUT2D eigenvalue weighted by Crippen LogP contribution is 2.40. The molecule has 5 nitrogen and oxygen atoms in total. The van der Waals surface area contributed by atoms with Gasteiger partial charge in [0.1, 0.15) is 13.2 Å². The summed E-state index contributed by atoms with van der Waals surface area (Å²) >= 11 is 3.37. The molecular weight excluding hydrogens is 316 g/mol. The summed E-state index contributed by atoms with van der Waals surface area (Å²) in [6.07, 6.45) is -1.01. The van der Waals surface area contributed by atoms with Gasteiger partial charge in [-0.1, -0.05) is 0 Å². The Balaban J connectivity index is 2.16. The molecule has 1 aliphatic heterocycles. The summed E-state index contributed by atoms with van der Waals surface area (Å²) in [5.41, 5.74) is 0.587. The molecule has 1 aromatic carbocycles. The molecule has 0 aromatic heterocycles. The number of esters is 1. The van der Waals surface area contributed by atoms with E-state index in [1.54, 1.807) is 19.1 Å². The minimum absolute atomic E-state index is 0.0834. The van der Waals surface area contributed by atoms with Crippen molar-refractivity contribution in [3.8, 4) is 11.5 Å². The van der Waals surface area contributed by atoms with Gasteiger partial charge in [0, 0.05) is 0 Å². The number of benzene rings is 1. The van der Waals surface area contributed by atoms with Crippen molar-refractivity contribution in [3.05, 3.63) is 22.2 Å². The molecule has 0 aliphatic carbocycles. The van der Waals surface area contributed by atoms with Crippen molar-refractivity contribution in [2.45, 2.75) is 19.4 Å². The second-order valence-electron chi connectivity index (χ2n) is 4.05. The molecule has 1 aromatic rings. The lowest BCUT2D eigenvalue weighted by atomic mass is 10.1. The third-order valence-electron chi connectivity index (χ3n) is 2.67. The van der Waals surface area contributed by atoms with Crippen LogP contribution in [0.5, 0.6) is 11.5 Å². The molecule has 0 saturated heterocycles. The minimum Gasteiger partial charge on any atom is -0.486 e. The Morgan fingerprint density at radius 2 is 2.21 bits per heavy atom. The largest absolute Gasteiger partial charge is 0.486 e. The molecule has 0 radical (unpaired) electrons. The van der Waals surface area contributed by atoms with Crippen LogP contribution in [0, 0.1) is 0 Å². The second-order valence-corrected chi connectivity index (χ2v) is 4.91. The van der Waals surface area contributed by atoms with Crippen LogP contribution in [-0.4, -0.2) is 30.9 Å². The van der Waals surface area contributed by atoms with E-state index < -0.39 is 12.1 Å². The van der Waals surface area contributed by atoms with Crippen LogP contribution in [0.2, 0.25) is 0 Å². The lowest BCUT2D eigenvalue weighted by Crippen LogP contribution is -2.16. The lowest BCUT2D eigenvalue weighted by molar-refractivity contribution is -0.145. The Bertz CT molecular complexity index is 474. The van der Waals surface area contributed by atoms with Crippen molar-refractivity contribution in [2.75, 3.05) is 19.8 Å². The van der Waals surface area contributed by atoms with Gasteiger partial charge in [-0.25, -0.2) is 0 Å². The Kier molecular flexibility index (Phi) is 4.66. The lowest BCUT2D eigenvalue weighted by Gasteiger charge is -2.21. The standard InChI is InChI=1S/C13H15BrO5/c1-2-17-12(16)7-10(15)8-5-9(14)13-11(6-8)18-3-4-19-13/h5-6,10,15H,2-4,7H2,1H3. The molecular formula is C13H15BrO5. The van der Waals surface area contributed by atoms with Crippen LogP contribution in [0.3, 0.4) is 0 Å². The molecule has 0 saturated carbocycles. The predicted molar refractivity (Wildman–Crippen MR) is 71.3 cm³/mol. The first-order chi connectivity index (χ1) is 9.11. The molecule has 2 rings (SSSR count). The molecule has 0 amide bonds. The number of hydrogen-bond acceptors (Lipinski definition) is 5. The SMILES string of the molecule is CCOC(=O)CC(O)c1cc(Br)c2c(c1)OCCO2. The fourth-order valence-electron chi connectivity index (χ4n) is 1.82. The van der Waals surface area contributed by atoms with Gasteiger partial charge in [0.25, 0.3) is 0 Å². The number of aliphatic hydroxyl groups excluding tert-OH is 1. The zero-order valence-electron chi connectivity index (χ0n) is 10.5. The third-order valence-corrected chi connectivity index (χ3v) is 3.26. The Hall–Kier alpha value is -1.27. The van der Waals surface area contributed by atoms with Crippen LogP contribution < -0.4 is 9.47 Å². The number of halogens is 1. The predicted octanol–water partition coefficient (Wildman–Crippen LogP) is 2.21. The summed E-state index contributed by atoms with van der Waals surface area (Å²) in [7, 11) is 0. The summed E-state index contributed by atoms with van der Waals surface area (Å²) in [4.78, 5) is 11.4. The Morgan fingerprint density at radius 3 is 2.95 bits per heavy atom. The number of rotatable bonds is 4. The van der Waals surface area contributed by atoms with Crippen molar-refractivity contribution in [3.63, 3.8) is 0 Å². The Labute approximate surface area is 119 Å². The molecule has 1 atom stereocenters. The first-order valence-electron chi connectivity index (χ1n) is 6.04. The van der Waals surface area contributed by atoms with Crippen molar-refractivity contribution < 1.29 is 24.1 Å².